The molecule has 1 amide bonds. The van der Waals surface area contributed by atoms with Crippen LogP contribution in [0, 0.1) is 0 Å². The number of amides is 1. The van der Waals surface area contributed by atoms with E-state index in [9.17, 15) is 33.9 Å². The van der Waals surface area contributed by atoms with Crippen LogP contribution in [0.3, 0.4) is 0 Å². The Morgan fingerprint density at radius 1 is 0.667 bits per heavy atom. The first-order valence-corrected chi connectivity index (χ1v) is 13.1. The zero-order chi connectivity index (χ0) is 33.1. The highest BCUT2D eigenvalue weighted by atomic mass is 16.6. The molecule has 14 heteroatoms. The number of carbonyl (C=O) groups is 6. The molecule has 3 aromatic carbocycles. The summed E-state index contributed by atoms with van der Waals surface area (Å²) in [5, 5.41) is 12.5. The van der Waals surface area contributed by atoms with Crippen molar-refractivity contribution in [2.24, 2.45) is 0 Å². The van der Waals surface area contributed by atoms with Crippen molar-refractivity contribution in [1.29, 1.82) is 0 Å². The first-order chi connectivity index (χ1) is 21.4. The minimum Gasteiger partial charge on any atom is -0.493 e. The minimum atomic E-state index is -2.32. The molecule has 0 heterocycles. The van der Waals surface area contributed by atoms with Crippen molar-refractivity contribution in [2.75, 3.05) is 14.2 Å². The SMILES string of the molecule is COc1cc(C(=O)O[C@@H](C(=O)O)[C@@H](OC(=O)c2ccc(OC(C)=O)c(OC)c2)C(=O)NCc2ccccc2)ccc1OC(C)=O. The maximum atomic E-state index is 13.3. The molecule has 14 nitrogen and oxygen atoms in total. The van der Waals surface area contributed by atoms with E-state index in [1.807, 2.05) is 0 Å². The zero-order valence-electron chi connectivity index (χ0n) is 24.6. The number of esters is 4. The predicted octanol–water partition coefficient (Wildman–Crippen LogP) is 2.71. The van der Waals surface area contributed by atoms with Gasteiger partial charge in [0.05, 0.1) is 25.3 Å². The molecule has 0 fully saturated rings. The molecule has 3 rings (SSSR count). The monoisotopic (exact) mass is 623 g/mol. The van der Waals surface area contributed by atoms with Crippen LogP contribution in [0.25, 0.3) is 0 Å². The normalized spacial score (nSPS) is 11.6. The highest BCUT2D eigenvalue weighted by Gasteiger charge is 2.41. The molecule has 0 aliphatic carbocycles. The molecular weight excluding hydrogens is 594 g/mol. The second-order valence-electron chi connectivity index (χ2n) is 9.11. The van der Waals surface area contributed by atoms with Crippen LogP contribution in [0.4, 0.5) is 0 Å². The molecule has 0 saturated carbocycles. The van der Waals surface area contributed by atoms with E-state index in [1.54, 1.807) is 30.3 Å². The third kappa shape index (κ3) is 9.28. The second kappa shape index (κ2) is 15.5. The molecule has 0 bridgehead atoms. The van der Waals surface area contributed by atoms with Crippen molar-refractivity contribution >= 4 is 35.8 Å². The number of methoxy groups -OCH3 is 2. The van der Waals surface area contributed by atoms with E-state index in [-0.39, 0.29) is 40.7 Å². The van der Waals surface area contributed by atoms with E-state index in [2.05, 4.69) is 5.32 Å². The van der Waals surface area contributed by atoms with E-state index in [1.165, 1.54) is 38.5 Å². The lowest BCUT2D eigenvalue weighted by Crippen LogP contribution is -2.50. The fraction of sp³-hybridized carbons (Fsp3) is 0.226. The van der Waals surface area contributed by atoms with Crippen molar-refractivity contribution < 1.29 is 62.3 Å². The summed E-state index contributed by atoms with van der Waals surface area (Å²) in [4.78, 5) is 74.6. The number of benzene rings is 3. The van der Waals surface area contributed by atoms with E-state index in [0.717, 1.165) is 26.0 Å². The number of carbonyl (C=O) groups excluding carboxylic acids is 5. The fourth-order valence-corrected chi connectivity index (χ4v) is 3.81. The lowest BCUT2D eigenvalue weighted by Gasteiger charge is -2.24. The molecule has 2 atom stereocenters. The Morgan fingerprint density at radius 2 is 1.13 bits per heavy atom. The van der Waals surface area contributed by atoms with Gasteiger partial charge in [0.1, 0.15) is 0 Å². The Balaban J connectivity index is 1.93. The third-order valence-electron chi connectivity index (χ3n) is 5.86. The molecule has 236 valence electrons. The highest BCUT2D eigenvalue weighted by Crippen LogP contribution is 2.30. The summed E-state index contributed by atoms with van der Waals surface area (Å²) >= 11 is 0. The predicted molar refractivity (Wildman–Crippen MR) is 153 cm³/mol. The average molecular weight is 624 g/mol. The summed E-state index contributed by atoms with van der Waals surface area (Å²) in [6.07, 6.45) is -4.50. The Bertz CT molecular complexity index is 1590. The molecule has 45 heavy (non-hydrogen) atoms. The number of rotatable bonds is 13. The van der Waals surface area contributed by atoms with Gasteiger partial charge in [-0.25, -0.2) is 14.4 Å². The van der Waals surface area contributed by atoms with Gasteiger partial charge >= 0.3 is 29.8 Å². The number of ether oxygens (including phenoxy) is 6. The van der Waals surface area contributed by atoms with Crippen LogP contribution in [0.2, 0.25) is 0 Å². The van der Waals surface area contributed by atoms with Crippen LogP contribution < -0.4 is 24.3 Å². The van der Waals surface area contributed by atoms with Gasteiger partial charge in [0.15, 0.2) is 23.0 Å². The van der Waals surface area contributed by atoms with Crippen molar-refractivity contribution in [3.63, 3.8) is 0 Å². The van der Waals surface area contributed by atoms with Crippen LogP contribution in [0.1, 0.15) is 40.1 Å². The third-order valence-corrected chi connectivity index (χ3v) is 5.86. The Hall–Kier alpha value is -5.92. The van der Waals surface area contributed by atoms with Gasteiger partial charge in [-0.05, 0) is 42.0 Å². The summed E-state index contributed by atoms with van der Waals surface area (Å²) < 4.78 is 30.8. The number of hydrogen-bond donors (Lipinski definition) is 2. The number of aliphatic carboxylic acids is 1. The van der Waals surface area contributed by atoms with Gasteiger partial charge in [-0.2, -0.15) is 0 Å². The van der Waals surface area contributed by atoms with Crippen LogP contribution >= 0.6 is 0 Å². The van der Waals surface area contributed by atoms with Gasteiger partial charge in [-0.1, -0.05) is 30.3 Å². The van der Waals surface area contributed by atoms with Crippen LogP contribution in [-0.4, -0.2) is 67.3 Å². The molecule has 0 aromatic heterocycles. The molecular formula is C31H29NO13. The molecule has 2 N–H and O–H groups in total. The Kier molecular flexibility index (Phi) is 11.6. The topological polar surface area (TPSA) is 190 Å². The first-order valence-electron chi connectivity index (χ1n) is 13.1. The van der Waals surface area contributed by atoms with Gasteiger partial charge < -0.3 is 38.8 Å². The van der Waals surface area contributed by atoms with E-state index < -0.39 is 48.0 Å². The highest BCUT2D eigenvalue weighted by molar-refractivity contribution is 5.97. The van der Waals surface area contributed by atoms with Crippen molar-refractivity contribution in [1.82, 2.24) is 5.32 Å². The lowest BCUT2D eigenvalue weighted by molar-refractivity contribution is -0.159. The molecule has 0 saturated heterocycles. The molecule has 0 radical (unpaired) electrons. The quantitative estimate of drug-likeness (QED) is 0.209. The maximum absolute atomic E-state index is 13.3. The van der Waals surface area contributed by atoms with E-state index in [0.29, 0.717) is 5.56 Å². The molecule has 3 aromatic rings. The number of nitrogens with one attached hydrogen (secondary N) is 1. The first kappa shape index (κ1) is 33.6. The number of carboxylic acid groups (broad SMARTS) is 1. The van der Waals surface area contributed by atoms with E-state index >= 15 is 0 Å². The van der Waals surface area contributed by atoms with Crippen molar-refractivity contribution in [2.45, 2.75) is 32.6 Å². The number of carboxylic acids is 1. The standard InChI is InChI=1S/C31H29NO13/c1-17(33)42-22-12-10-20(14-24(22)40-3)30(38)44-26(28(35)32-16-19-8-6-5-7-9-19)27(29(36)37)45-31(39)21-11-13-23(43-18(2)34)25(15-21)41-4/h5-15,26-27H,16H2,1-4H3,(H,32,35)(H,36,37)/t26-,27-/m1/s1. The Labute approximate surface area is 256 Å². The van der Waals surface area contributed by atoms with Gasteiger partial charge in [0, 0.05) is 20.4 Å². The average Bonchev–Trinajstić information content (AvgIpc) is 3.01. The molecule has 0 unspecified atom stereocenters. The van der Waals surface area contributed by atoms with Crippen LogP contribution in [0.15, 0.2) is 66.7 Å². The summed E-state index contributed by atoms with van der Waals surface area (Å²) in [7, 11) is 2.50. The summed E-state index contributed by atoms with van der Waals surface area (Å²) in [6, 6.07) is 15.7. The van der Waals surface area contributed by atoms with Gasteiger partial charge in [0.25, 0.3) is 5.91 Å². The zero-order valence-corrected chi connectivity index (χ0v) is 24.6. The van der Waals surface area contributed by atoms with E-state index in [4.69, 9.17) is 28.4 Å². The number of hydrogen-bond acceptors (Lipinski definition) is 12. The van der Waals surface area contributed by atoms with Crippen molar-refractivity contribution in [3.05, 3.63) is 83.4 Å². The Morgan fingerprint density at radius 3 is 1.56 bits per heavy atom. The molecule has 0 spiro atoms. The maximum Gasteiger partial charge on any atom is 0.349 e. The smallest absolute Gasteiger partial charge is 0.349 e. The minimum absolute atomic E-state index is 0.00815. The van der Waals surface area contributed by atoms with Crippen LogP contribution in [0.5, 0.6) is 23.0 Å². The molecule has 0 aliphatic heterocycles. The van der Waals surface area contributed by atoms with Crippen LogP contribution in [-0.2, 0) is 35.2 Å². The second-order valence-corrected chi connectivity index (χ2v) is 9.11. The lowest BCUT2D eigenvalue weighted by atomic mass is 10.1. The van der Waals surface area contributed by atoms with Gasteiger partial charge in [-0.3, -0.25) is 14.4 Å². The fourth-order valence-electron chi connectivity index (χ4n) is 3.81. The summed E-state index contributed by atoms with van der Waals surface area (Å²) in [5.41, 5.74) is 0.213. The van der Waals surface area contributed by atoms with Gasteiger partial charge in [0.2, 0.25) is 12.2 Å². The molecule has 0 aliphatic rings. The van der Waals surface area contributed by atoms with Gasteiger partial charge in [-0.15, -0.1) is 0 Å². The van der Waals surface area contributed by atoms with Crippen molar-refractivity contribution in [3.8, 4) is 23.0 Å². The summed E-state index contributed by atoms with van der Waals surface area (Å²) in [6.45, 7) is 2.25. The summed E-state index contributed by atoms with van der Waals surface area (Å²) in [5.74, 6) is -6.69. The largest absolute Gasteiger partial charge is 0.493 e.